The van der Waals surface area contributed by atoms with Gasteiger partial charge in [0.2, 0.25) is 0 Å². The molecule has 0 atom stereocenters. The number of fused-ring (bicyclic) bond motifs is 1. The van der Waals surface area contributed by atoms with Gasteiger partial charge in [-0.1, -0.05) is 19.3 Å². The van der Waals surface area contributed by atoms with E-state index in [1.54, 1.807) is 18.2 Å². The number of rotatable bonds is 6. The Kier molecular flexibility index (Phi) is 5.91. The summed E-state index contributed by atoms with van der Waals surface area (Å²) in [7, 11) is 2.19. The van der Waals surface area contributed by atoms with Crippen molar-refractivity contribution in [2.24, 2.45) is 0 Å². The quantitative estimate of drug-likeness (QED) is 0.777. The molecule has 1 aliphatic heterocycles. The molecule has 1 aliphatic carbocycles. The molecule has 1 heterocycles. The van der Waals surface area contributed by atoms with Crippen LogP contribution in [0.5, 0.6) is 5.75 Å². The number of nitrogens with one attached hydrogen (secondary N) is 2. The van der Waals surface area contributed by atoms with Gasteiger partial charge in [-0.3, -0.25) is 9.59 Å². The number of nitrogens with zero attached hydrogens (tertiary/aromatic N) is 1. The first-order chi connectivity index (χ1) is 12.1. The molecule has 0 radical (unpaired) electrons. The van der Waals surface area contributed by atoms with Crippen LogP contribution in [0.1, 0.15) is 48.9 Å². The predicted octanol–water partition coefficient (Wildman–Crippen LogP) is 2.40. The number of hydrogen-bond donors (Lipinski definition) is 2. The molecule has 6 nitrogen and oxygen atoms in total. The van der Waals surface area contributed by atoms with Crippen LogP contribution in [-0.4, -0.2) is 49.5 Å². The summed E-state index contributed by atoms with van der Waals surface area (Å²) in [6.07, 6.45) is 7.59. The Hall–Kier alpha value is -2.08. The topological polar surface area (TPSA) is 70.7 Å². The molecule has 136 valence electrons. The van der Waals surface area contributed by atoms with Crippen LogP contribution in [0.4, 0.5) is 5.69 Å². The third kappa shape index (κ3) is 4.72. The Balaban J connectivity index is 1.42. The zero-order valence-electron chi connectivity index (χ0n) is 14.8. The van der Waals surface area contributed by atoms with Crippen LogP contribution in [0.3, 0.4) is 0 Å². The second-order valence-corrected chi connectivity index (χ2v) is 6.93. The standard InChI is InChI=1S/C19H27N3O3/c1-22(15-6-3-2-4-7-15)11-5-10-20-19(24)14-8-9-16-17(12-14)25-13-18(23)21-16/h8-9,12,15H,2-7,10-11,13H2,1H3,(H,20,24)(H,21,23). The molecular weight excluding hydrogens is 318 g/mol. The molecule has 0 spiro atoms. The molecule has 2 aliphatic rings. The van der Waals surface area contributed by atoms with Crippen molar-refractivity contribution in [2.75, 3.05) is 32.1 Å². The van der Waals surface area contributed by atoms with Crippen LogP contribution < -0.4 is 15.4 Å². The molecule has 25 heavy (non-hydrogen) atoms. The SMILES string of the molecule is CN(CCCNC(=O)c1ccc2c(c1)OCC(=O)N2)C1CCCCC1. The average Bonchev–Trinajstić information content (AvgIpc) is 2.65. The lowest BCUT2D eigenvalue weighted by atomic mass is 9.94. The van der Waals surface area contributed by atoms with E-state index < -0.39 is 0 Å². The van der Waals surface area contributed by atoms with E-state index in [2.05, 4.69) is 22.6 Å². The summed E-state index contributed by atoms with van der Waals surface area (Å²) < 4.78 is 5.35. The molecule has 1 saturated carbocycles. The van der Waals surface area contributed by atoms with Crippen LogP contribution in [0.2, 0.25) is 0 Å². The summed E-state index contributed by atoms with van der Waals surface area (Å²) in [4.78, 5) is 26.0. The summed E-state index contributed by atoms with van der Waals surface area (Å²) in [5.41, 5.74) is 1.16. The van der Waals surface area contributed by atoms with Gasteiger partial charge in [-0.25, -0.2) is 0 Å². The Morgan fingerprint density at radius 2 is 2.12 bits per heavy atom. The zero-order valence-corrected chi connectivity index (χ0v) is 14.8. The Morgan fingerprint density at radius 1 is 1.32 bits per heavy atom. The van der Waals surface area contributed by atoms with Crippen molar-refractivity contribution >= 4 is 17.5 Å². The third-order valence-electron chi connectivity index (χ3n) is 5.05. The highest BCUT2D eigenvalue weighted by Gasteiger charge is 2.19. The number of ether oxygens (including phenoxy) is 1. The van der Waals surface area contributed by atoms with Gasteiger partial charge in [0, 0.05) is 18.2 Å². The molecule has 0 saturated heterocycles. The van der Waals surface area contributed by atoms with E-state index in [9.17, 15) is 9.59 Å². The summed E-state index contributed by atoms with van der Waals surface area (Å²) in [5, 5.41) is 5.69. The largest absolute Gasteiger partial charge is 0.482 e. The highest BCUT2D eigenvalue weighted by molar-refractivity contribution is 5.98. The first kappa shape index (κ1) is 17.7. The van der Waals surface area contributed by atoms with Crippen LogP contribution in [0.25, 0.3) is 0 Å². The zero-order chi connectivity index (χ0) is 17.6. The molecule has 0 unspecified atom stereocenters. The third-order valence-corrected chi connectivity index (χ3v) is 5.05. The van der Waals surface area contributed by atoms with Gasteiger partial charge in [0.1, 0.15) is 5.75 Å². The maximum atomic E-state index is 12.3. The Morgan fingerprint density at radius 3 is 2.92 bits per heavy atom. The van der Waals surface area contributed by atoms with E-state index >= 15 is 0 Å². The lowest BCUT2D eigenvalue weighted by Crippen LogP contribution is -2.35. The minimum Gasteiger partial charge on any atom is -0.482 e. The van der Waals surface area contributed by atoms with Crippen LogP contribution in [-0.2, 0) is 4.79 Å². The van der Waals surface area contributed by atoms with Gasteiger partial charge in [-0.15, -0.1) is 0 Å². The predicted molar refractivity (Wildman–Crippen MR) is 97.0 cm³/mol. The fourth-order valence-electron chi connectivity index (χ4n) is 3.55. The number of anilines is 1. The summed E-state index contributed by atoms with van der Waals surface area (Å²) in [6, 6.07) is 5.80. The highest BCUT2D eigenvalue weighted by atomic mass is 16.5. The van der Waals surface area contributed by atoms with E-state index in [1.165, 1.54) is 32.1 Å². The van der Waals surface area contributed by atoms with Crippen molar-refractivity contribution in [3.05, 3.63) is 23.8 Å². The Bertz CT molecular complexity index is 626. The van der Waals surface area contributed by atoms with E-state index in [-0.39, 0.29) is 18.4 Å². The molecule has 1 aromatic carbocycles. The molecule has 3 rings (SSSR count). The van der Waals surface area contributed by atoms with Gasteiger partial charge in [0.25, 0.3) is 11.8 Å². The summed E-state index contributed by atoms with van der Waals surface area (Å²) >= 11 is 0. The van der Waals surface area contributed by atoms with Crippen molar-refractivity contribution in [3.63, 3.8) is 0 Å². The van der Waals surface area contributed by atoms with E-state index in [1.807, 2.05) is 0 Å². The normalized spacial score (nSPS) is 17.6. The molecule has 2 N–H and O–H groups in total. The highest BCUT2D eigenvalue weighted by Crippen LogP contribution is 2.28. The fourth-order valence-corrected chi connectivity index (χ4v) is 3.55. The van der Waals surface area contributed by atoms with E-state index in [4.69, 9.17) is 4.74 Å². The lowest BCUT2D eigenvalue weighted by Gasteiger charge is -2.31. The van der Waals surface area contributed by atoms with Gasteiger partial charge in [-0.2, -0.15) is 0 Å². The minimum absolute atomic E-state index is 0.00836. The van der Waals surface area contributed by atoms with Crippen molar-refractivity contribution in [2.45, 2.75) is 44.6 Å². The number of amides is 2. The molecule has 6 heteroatoms. The van der Waals surface area contributed by atoms with Gasteiger partial charge in [-0.05, 0) is 51.1 Å². The molecule has 0 aromatic heterocycles. The van der Waals surface area contributed by atoms with Crippen molar-refractivity contribution in [1.82, 2.24) is 10.2 Å². The van der Waals surface area contributed by atoms with Gasteiger partial charge in [0.05, 0.1) is 5.69 Å². The summed E-state index contributed by atoms with van der Waals surface area (Å²) in [6.45, 7) is 1.65. The number of hydrogen-bond acceptors (Lipinski definition) is 4. The van der Waals surface area contributed by atoms with Gasteiger partial charge < -0.3 is 20.3 Å². The number of benzene rings is 1. The van der Waals surface area contributed by atoms with Crippen LogP contribution >= 0.6 is 0 Å². The molecule has 1 fully saturated rings. The molecule has 1 aromatic rings. The maximum Gasteiger partial charge on any atom is 0.262 e. The number of carbonyl (C=O) groups is 2. The average molecular weight is 345 g/mol. The van der Waals surface area contributed by atoms with E-state index in [0.29, 0.717) is 29.6 Å². The van der Waals surface area contributed by atoms with Gasteiger partial charge >= 0.3 is 0 Å². The van der Waals surface area contributed by atoms with E-state index in [0.717, 1.165) is 13.0 Å². The first-order valence-electron chi connectivity index (χ1n) is 9.18. The number of carbonyl (C=O) groups excluding carboxylic acids is 2. The minimum atomic E-state index is -0.174. The van der Waals surface area contributed by atoms with Crippen molar-refractivity contribution < 1.29 is 14.3 Å². The Labute approximate surface area is 148 Å². The second-order valence-electron chi connectivity index (χ2n) is 6.93. The van der Waals surface area contributed by atoms with Crippen LogP contribution in [0.15, 0.2) is 18.2 Å². The molecule has 0 bridgehead atoms. The van der Waals surface area contributed by atoms with Gasteiger partial charge in [0.15, 0.2) is 6.61 Å². The molecule has 2 amide bonds. The summed E-state index contributed by atoms with van der Waals surface area (Å²) in [5.74, 6) is 0.264. The smallest absolute Gasteiger partial charge is 0.262 e. The first-order valence-corrected chi connectivity index (χ1v) is 9.18. The molecular formula is C19H27N3O3. The second kappa shape index (κ2) is 8.34. The lowest BCUT2D eigenvalue weighted by molar-refractivity contribution is -0.118. The van der Waals surface area contributed by atoms with Crippen molar-refractivity contribution in [1.29, 1.82) is 0 Å². The van der Waals surface area contributed by atoms with Crippen molar-refractivity contribution in [3.8, 4) is 5.75 Å². The maximum absolute atomic E-state index is 12.3. The fraction of sp³-hybridized carbons (Fsp3) is 0.579. The van der Waals surface area contributed by atoms with Crippen LogP contribution in [0, 0.1) is 0 Å². The monoisotopic (exact) mass is 345 g/mol.